The van der Waals surface area contributed by atoms with E-state index in [2.05, 4.69) is 54.5 Å². The molecule has 1 N–H and O–H groups in total. The largest absolute Gasteiger partial charge is 0.497 e. The Morgan fingerprint density at radius 3 is 2.97 bits per heavy atom. The van der Waals surface area contributed by atoms with Crippen LogP contribution in [0.3, 0.4) is 0 Å². The number of aryl methyl sites for hydroxylation is 1. The standard InChI is InChI=1S/C24H29N3O2S/c1-16-14-18(29-3)15-17-11-12-25-23(22(16)17)20(9-6-7-13-28)27(2)24-26-19-8-4-5-10-21(19)30-24/h4-5,8,10,13-15,20,23,25H,6-7,9,11-12H2,1-3H3. The van der Waals surface area contributed by atoms with Gasteiger partial charge in [0.15, 0.2) is 5.13 Å². The summed E-state index contributed by atoms with van der Waals surface area (Å²) in [6.07, 6.45) is 4.40. The summed E-state index contributed by atoms with van der Waals surface area (Å²) in [5.41, 5.74) is 5.01. The molecule has 1 aliphatic heterocycles. The van der Waals surface area contributed by atoms with E-state index in [1.807, 2.05) is 6.07 Å². The molecule has 4 rings (SSSR count). The van der Waals surface area contributed by atoms with Crippen molar-refractivity contribution < 1.29 is 9.53 Å². The first-order valence-corrected chi connectivity index (χ1v) is 11.4. The zero-order chi connectivity index (χ0) is 21.1. The topological polar surface area (TPSA) is 54.5 Å². The molecule has 30 heavy (non-hydrogen) atoms. The van der Waals surface area contributed by atoms with Gasteiger partial charge in [-0.25, -0.2) is 4.98 Å². The van der Waals surface area contributed by atoms with Crippen molar-refractivity contribution in [3.05, 3.63) is 53.1 Å². The molecular weight excluding hydrogens is 394 g/mol. The highest BCUT2D eigenvalue weighted by atomic mass is 32.1. The molecule has 1 aliphatic rings. The molecule has 5 nitrogen and oxygen atoms in total. The average Bonchev–Trinajstić information content (AvgIpc) is 3.20. The second-order valence-electron chi connectivity index (χ2n) is 7.94. The van der Waals surface area contributed by atoms with Crippen molar-refractivity contribution >= 4 is 33.0 Å². The number of methoxy groups -OCH3 is 1. The Labute approximate surface area is 182 Å². The summed E-state index contributed by atoms with van der Waals surface area (Å²) < 4.78 is 6.71. The molecule has 1 aromatic heterocycles. The lowest BCUT2D eigenvalue weighted by molar-refractivity contribution is -0.107. The molecule has 0 bridgehead atoms. The Balaban J connectivity index is 1.71. The van der Waals surface area contributed by atoms with Crippen LogP contribution in [0.1, 0.15) is 42.0 Å². The van der Waals surface area contributed by atoms with E-state index in [-0.39, 0.29) is 12.1 Å². The third-order valence-electron chi connectivity index (χ3n) is 6.04. The van der Waals surface area contributed by atoms with Gasteiger partial charge in [-0.15, -0.1) is 0 Å². The molecule has 0 amide bonds. The number of nitrogens with one attached hydrogen (secondary N) is 1. The molecule has 2 atom stereocenters. The lowest BCUT2D eigenvalue weighted by Gasteiger charge is -2.39. The van der Waals surface area contributed by atoms with Gasteiger partial charge in [-0.1, -0.05) is 23.5 Å². The molecule has 0 saturated heterocycles. The van der Waals surface area contributed by atoms with Crippen molar-refractivity contribution in [1.29, 1.82) is 0 Å². The maximum absolute atomic E-state index is 11.0. The fourth-order valence-corrected chi connectivity index (χ4v) is 5.53. The number of likely N-dealkylation sites (N-methyl/N-ethyl adjacent to an activating group) is 1. The first-order chi connectivity index (χ1) is 14.6. The number of carbonyl (C=O) groups is 1. The number of hydrogen-bond acceptors (Lipinski definition) is 6. The quantitative estimate of drug-likeness (QED) is 0.421. The van der Waals surface area contributed by atoms with Crippen LogP contribution < -0.4 is 15.0 Å². The number of aromatic nitrogens is 1. The maximum atomic E-state index is 11.0. The summed E-state index contributed by atoms with van der Waals surface area (Å²) in [5.74, 6) is 0.920. The molecule has 158 valence electrons. The Hall–Kier alpha value is -2.44. The minimum absolute atomic E-state index is 0.184. The van der Waals surface area contributed by atoms with Crippen molar-refractivity contribution in [1.82, 2.24) is 10.3 Å². The maximum Gasteiger partial charge on any atom is 0.186 e. The molecular formula is C24H29N3O2S. The fraction of sp³-hybridized carbons (Fsp3) is 0.417. The minimum atomic E-state index is 0.184. The number of benzene rings is 2. The van der Waals surface area contributed by atoms with Crippen molar-refractivity contribution in [2.75, 3.05) is 25.6 Å². The smallest absolute Gasteiger partial charge is 0.186 e. The number of nitrogens with zero attached hydrogens (tertiary/aromatic N) is 2. The normalized spacial score (nSPS) is 16.8. The number of rotatable bonds is 8. The van der Waals surface area contributed by atoms with E-state index in [1.54, 1.807) is 18.4 Å². The summed E-state index contributed by atoms with van der Waals surface area (Å²) >= 11 is 1.73. The third-order valence-corrected chi connectivity index (χ3v) is 7.17. The van der Waals surface area contributed by atoms with Crippen LogP contribution in [0.15, 0.2) is 36.4 Å². The van der Waals surface area contributed by atoms with Crippen molar-refractivity contribution in [2.24, 2.45) is 0 Å². The van der Waals surface area contributed by atoms with Gasteiger partial charge in [0.1, 0.15) is 12.0 Å². The minimum Gasteiger partial charge on any atom is -0.497 e. The number of carbonyl (C=O) groups excluding carboxylic acids is 1. The third kappa shape index (κ3) is 4.07. The highest BCUT2D eigenvalue weighted by molar-refractivity contribution is 7.22. The van der Waals surface area contributed by atoms with Crippen LogP contribution in [0, 0.1) is 6.92 Å². The summed E-state index contributed by atoms with van der Waals surface area (Å²) in [4.78, 5) is 18.2. The summed E-state index contributed by atoms with van der Waals surface area (Å²) in [6, 6.07) is 13.0. The summed E-state index contributed by atoms with van der Waals surface area (Å²) in [5, 5.41) is 4.79. The van der Waals surface area contributed by atoms with Crippen LogP contribution in [-0.2, 0) is 11.2 Å². The highest BCUT2D eigenvalue weighted by Crippen LogP contribution is 2.38. The monoisotopic (exact) mass is 423 g/mol. The zero-order valence-corrected chi connectivity index (χ0v) is 18.7. The average molecular weight is 424 g/mol. The molecule has 3 aromatic rings. The van der Waals surface area contributed by atoms with Crippen LogP contribution >= 0.6 is 11.3 Å². The summed E-state index contributed by atoms with van der Waals surface area (Å²) in [6.45, 7) is 3.10. The Morgan fingerprint density at radius 2 is 2.20 bits per heavy atom. The molecule has 2 unspecified atom stereocenters. The Bertz CT molecular complexity index is 999. The number of anilines is 1. The number of aldehydes is 1. The lowest BCUT2D eigenvalue weighted by atomic mass is 9.84. The van der Waals surface area contributed by atoms with Crippen LogP contribution in [0.2, 0.25) is 0 Å². The predicted molar refractivity (Wildman–Crippen MR) is 124 cm³/mol. The predicted octanol–water partition coefficient (Wildman–Crippen LogP) is 4.67. The first-order valence-electron chi connectivity index (χ1n) is 10.5. The van der Waals surface area contributed by atoms with E-state index < -0.39 is 0 Å². The first kappa shape index (κ1) is 20.8. The number of ether oxygens (including phenoxy) is 1. The number of fused-ring (bicyclic) bond motifs is 2. The molecule has 6 heteroatoms. The van der Waals surface area contributed by atoms with E-state index in [0.717, 1.165) is 48.5 Å². The zero-order valence-electron chi connectivity index (χ0n) is 17.9. The van der Waals surface area contributed by atoms with Gasteiger partial charge >= 0.3 is 0 Å². The van der Waals surface area contributed by atoms with Gasteiger partial charge in [0.25, 0.3) is 0 Å². The van der Waals surface area contributed by atoms with E-state index in [9.17, 15) is 4.79 Å². The number of thiazole rings is 1. The second kappa shape index (κ2) is 9.14. The highest BCUT2D eigenvalue weighted by Gasteiger charge is 2.33. The van der Waals surface area contributed by atoms with Gasteiger partial charge in [-0.2, -0.15) is 0 Å². The number of unbranched alkanes of at least 4 members (excludes halogenated alkanes) is 1. The van der Waals surface area contributed by atoms with Crippen molar-refractivity contribution in [3.63, 3.8) is 0 Å². The van der Waals surface area contributed by atoms with E-state index in [4.69, 9.17) is 9.72 Å². The number of para-hydroxylation sites is 1. The van der Waals surface area contributed by atoms with Gasteiger partial charge in [-0.05, 0) is 73.7 Å². The summed E-state index contributed by atoms with van der Waals surface area (Å²) in [7, 11) is 3.86. The van der Waals surface area contributed by atoms with Gasteiger partial charge in [0.05, 0.1) is 29.4 Å². The van der Waals surface area contributed by atoms with Gasteiger partial charge < -0.3 is 19.7 Å². The molecule has 0 aliphatic carbocycles. The Morgan fingerprint density at radius 1 is 1.37 bits per heavy atom. The van der Waals surface area contributed by atoms with Crippen LogP contribution in [0.4, 0.5) is 5.13 Å². The fourth-order valence-electron chi connectivity index (χ4n) is 4.55. The van der Waals surface area contributed by atoms with E-state index >= 15 is 0 Å². The molecule has 0 spiro atoms. The molecule has 0 radical (unpaired) electrons. The van der Waals surface area contributed by atoms with Crippen molar-refractivity contribution in [2.45, 2.75) is 44.7 Å². The van der Waals surface area contributed by atoms with Crippen LogP contribution in [0.25, 0.3) is 10.2 Å². The van der Waals surface area contributed by atoms with Gasteiger partial charge in [-0.3, -0.25) is 0 Å². The van der Waals surface area contributed by atoms with Gasteiger partial charge in [0, 0.05) is 13.5 Å². The Kier molecular flexibility index (Phi) is 6.35. The van der Waals surface area contributed by atoms with E-state index in [1.165, 1.54) is 21.4 Å². The van der Waals surface area contributed by atoms with Gasteiger partial charge in [0.2, 0.25) is 0 Å². The van der Waals surface area contributed by atoms with Crippen LogP contribution in [-0.4, -0.2) is 38.0 Å². The van der Waals surface area contributed by atoms with Crippen molar-refractivity contribution in [3.8, 4) is 5.75 Å². The molecule has 2 heterocycles. The molecule has 0 fully saturated rings. The molecule has 2 aromatic carbocycles. The number of hydrogen-bond donors (Lipinski definition) is 1. The van der Waals surface area contributed by atoms with E-state index in [0.29, 0.717) is 6.42 Å². The SMILES string of the molecule is COc1cc(C)c2c(c1)CCNC2C(CCCC=O)N(C)c1nc2ccccc2s1. The molecule has 0 saturated carbocycles. The second-order valence-corrected chi connectivity index (χ2v) is 8.95. The lowest BCUT2D eigenvalue weighted by Crippen LogP contribution is -2.46. The van der Waals surface area contributed by atoms with Crippen LogP contribution in [0.5, 0.6) is 5.75 Å².